The smallest absolute Gasteiger partial charge is 0.419 e. The highest BCUT2D eigenvalue weighted by Gasteiger charge is 2.25. The molecule has 0 unspecified atom stereocenters. The molecule has 0 saturated heterocycles. The Kier molecular flexibility index (Phi) is 10.1. The molecule has 2 N–H and O–H groups in total. The van der Waals surface area contributed by atoms with Gasteiger partial charge in [-0.2, -0.15) is 5.10 Å². The maximum atomic E-state index is 13.3. The molecule has 0 radical (unpaired) electrons. The molecule has 2 heterocycles. The normalized spacial score (nSPS) is 10.8. The van der Waals surface area contributed by atoms with Gasteiger partial charge in [-0.3, -0.25) is 14.4 Å². The molecule has 210 valence electrons. The number of hydrogen-bond acceptors (Lipinski definition) is 10. The Morgan fingerprint density at radius 1 is 1.12 bits per heavy atom. The summed E-state index contributed by atoms with van der Waals surface area (Å²) in [4.78, 5) is 65.4. The number of carbonyl (C=O) groups is 5. The molecule has 2 aromatic heterocycles. The lowest BCUT2D eigenvalue weighted by molar-refractivity contribution is -0.146. The molecule has 3 rings (SSSR count). The Bertz CT molecular complexity index is 1460. The second kappa shape index (κ2) is 13.6. The lowest BCUT2D eigenvalue weighted by Gasteiger charge is -2.20. The van der Waals surface area contributed by atoms with Crippen molar-refractivity contribution in [1.82, 2.24) is 24.8 Å². The number of carbonyl (C=O) groups excluding carboxylic acids is 5. The van der Waals surface area contributed by atoms with E-state index in [-0.39, 0.29) is 18.0 Å². The van der Waals surface area contributed by atoms with Gasteiger partial charge < -0.3 is 20.1 Å². The monoisotopic (exact) mass is 550 g/mol. The molecule has 0 aliphatic rings. The highest BCUT2D eigenvalue weighted by atomic mass is 16.7. The van der Waals surface area contributed by atoms with Gasteiger partial charge in [0.15, 0.2) is 5.82 Å². The van der Waals surface area contributed by atoms with E-state index in [1.165, 1.54) is 6.33 Å². The second-order valence-electron chi connectivity index (χ2n) is 8.53. The third-order valence-corrected chi connectivity index (χ3v) is 5.75. The summed E-state index contributed by atoms with van der Waals surface area (Å²) in [6.45, 7) is 7.07. The van der Waals surface area contributed by atoms with Gasteiger partial charge in [-0.05, 0) is 56.5 Å². The van der Waals surface area contributed by atoms with Crippen LogP contribution in [0.3, 0.4) is 0 Å². The third-order valence-electron chi connectivity index (χ3n) is 5.75. The van der Waals surface area contributed by atoms with Gasteiger partial charge in [-0.15, -0.1) is 0 Å². The third kappa shape index (κ3) is 6.87. The number of esters is 1. The van der Waals surface area contributed by atoms with Gasteiger partial charge in [0.2, 0.25) is 6.79 Å². The van der Waals surface area contributed by atoms with E-state index in [1.54, 1.807) is 42.8 Å². The number of aryl methyl sites for hydroxylation is 2. The summed E-state index contributed by atoms with van der Waals surface area (Å²) in [6.07, 6.45) is 4.65. The fourth-order valence-corrected chi connectivity index (χ4v) is 3.79. The van der Waals surface area contributed by atoms with Crippen LogP contribution in [0.1, 0.15) is 52.1 Å². The first kappa shape index (κ1) is 29.5. The van der Waals surface area contributed by atoms with Crippen molar-refractivity contribution in [2.24, 2.45) is 0 Å². The summed E-state index contributed by atoms with van der Waals surface area (Å²) in [7, 11) is 0. The summed E-state index contributed by atoms with van der Waals surface area (Å²) in [5.74, 6) is -1.30. The maximum absolute atomic E-state index is 13.3. The van der Waals surface area contributed by atoms with Crippen LogP contribution in [0.4, 0.5) is 16.3 Å². The average Bonchev–Trinajstić information content (AvgIpc) is 3.28. The highest BCUT2D eigenvalue weighted by molar-refractivity contribution is 6.04. The zero-order chi connectivity index (χ0) is 29.2. The number of nitrogens with zero attached hydrogens (tertiary/aromatic N) is 4. The van der Waals surface area contributed by atoms with Crippen LogP contribution in [-0.4, -0.2) is 69.5 Å². The number of anilines is 2. The summed E-state index contributed by atoms with van der Waals surface area (Å²) < 4.78 is 11.2. The van der Waals surface area contributed by atoms with E-state index in [1.807, 2.05) is 13.8 Å². The SMILES string of the molecule is CCCN(C(=O)OCOC(=O)/C=C/C=O)C(=O)c1ccc(C)c(Nc2ncnn3cc(C(=O)NCC)c(C)c23)c1. The number of nitrogens with one attached hydrogen (secondary N) is 2. The molecule has 3 amide bonds. The van der Waals surface area contributed by atoms with Crippen molar-refractivity contribution in [1.29, 1.82) is 0 Å². The predicted molar refractivity (Wildman–Crippen MR) is 144 cm³/mol. The molecule has 0 fully saturated rings. The van der Waals surface area contributed by atoms with Crippen LogP contribution < -0.4 is 10.6 Å². The van der Waals surface area contributed by atoms with Crippen LogP contribution in [0.15, 0.2) is 42.9 Å². The van der Waals surface area contributed by atoms with E-state index in [0.717, 1.165) is 22.6 Å². The number of allylic oxidation sites excluding steroid dienone is 1. The van der Waals surface area contributed by atoms with E-state index >= 15 is 0 Å². The van der Waals surface area contributed by atoms with Gasteiger partial charge in [0.1, 0.15) is 18.1 Å². The van der Waals surface area contributed by atoms with Crippen LogP contribution >= 0.6 is 0 Å². The number of hydrogen-bond donors (Lipinski definition) is 2. The Labute approximate surface area is 230 Å². The van der Waals surface area contributed by atoms with Gasteiger partial charge in [0.25, 0.3) is 11.8 Å². The second-order valence-corrected chi connectivity index (χ2v) is 8.53. The van der Waals surface area contributed by atoms with Crippen molar-refractivity contribution in [3.8, 4) is 0 Å². The van der Waals surface area contributed by atoms with Crippen LogP contribution in [0.5, 0.6) is 0 Å². The number of imide groups is 1. The molecule has 13 nitrogen and oxygen atoms in total. The van der Waals surface area contributed by atoms with Crippen LogP contribution in [0.2, 0.25) is 0 Å². The van der Waals surface area contributed by atoms with Crippen LogP contribution in [-0.2, 0) is 19.1 Å². The topological polar surface area (TPSA) is 161 Å². The molecule has 3 aromatic rings. The number of amides is 3. The van der Waals surface area contributed by atoms with Gasteiger partial charge in [0.05, 0.1) is 5.56 Å². The molecule has 0 atom stereocenters. The molecule has 40 heavy (non-hydrogen) atoms. The Morgan fingerprint density at radius 2 is 1.90 bits per heavy atom. The quantitative estimate of drug-likeness (QED) is 0.157. The van der Waals surface area contributed by atoms with E-state index in [9.17, 15) is 24.0 Å². The summed E-state index contributed by atoms with van der Waals surface area (Å²) in [5.41, 5.74) is 3.27. The first-order chi connectivity index (χ1) is 19.2. The summed E-state index contributed by atoms with van der Waals surface area (Å²) in [5, 5.41) is 10.2. The van der Waals surface area contributed by atoms with Crippen LogP contribution in [0.25, 0.3) is 5.52 Å². The lowest BCUT2D eigenvalue weighted by Crippen LogP contribution is -2.38. The lowest BCUT2D eigenvalue weighted by atomic mass is 10.1. The van der Waals surface area contributed by atoms with E-state index in [0.29, 0.717) is 47.4 Å². The average molecular weight is 551 g/mol. The molecule has 1 aromatic carbocycles. The molecule has 0 saturated carbocycles. The standard InChI is InChI=1S/C27H30N6O7/c1-5-11-32(27(38)40-16-39-22(35)8-7-12-34)26(37)19-10-9-17(3)21(13-19)31-24-23-18(4)20(25(36)28-6-2)14-33(23)30-15-29-24/h7-10,12-15H,5-6,11,16H2,1-4H3,(H,28,36)(H,29,30,31)/b8-7+. The largest absolute Gasteiger partial charge is 0.425 e. The molecule has 13 heteroatoms. The van der Waals surface area contributed by atoms with Crippen LogP contribution in [0, 0.1) is 13.8 Å². The number of aldehydes is 1. The molecular weight excluding hydrogens is 520 g/mol. The summed E-state index contributed by atoms with van der Waals surface area (Å²) >= 11 is 0. The van der Waals surface area contributed by atoms with Gasteiger partial charge in [0, 0.05) is 36.6 Å². The van der Waals surface area contributed by atoms with E-state index in [2.05, 4.69) is 25.5 Å². The van der Waals surface area contributed by atoms with Crippen molar-refractivity contribution >= 4 is 47.2 Å². The highest BCUT2D eigenvalue weighted by Crippen LogP contribution is 2.28. The van der Waals surface area contributed by atoms with Gasteiger partial charge >= 0.3 is 12.1 Å². The summed E-state index contributed by atoms with van der Waals surface area (Å²) in [6, 6.07) is 4.88. The molecule has 0 aliphatic heterocycles. The Balaban J connectivity index is 1.84. The number of rotatable bonds is 11. The minimum absolute atomic E-state index is 0.0613. The minimum Gasteiger partial charge on any atom is -0.425 e. The van der Waals surface area contributed by atoms with Crippen molar-refractivity contribution in [3.63, 3.8) is 0 Å². The predicted octanol–water partition coefficient (Wildman–Crippen LogP) is 3.08. The molecule has 0 bridgehead atoms. The molecule has 0 aliphatic carbocycles. The Hall–Kier alpha value is -5.07. The fourth-order valence-electron chi connectivity index (χ4n) is 3.79. The van der Waals surface area contributed by atoms with Crippen molar-refractivity contribution in [3.05, 3.63) is 65.1 Å². The van der Waals surface area contributed by atoms with Crippen molar-refractivity contribution in [2.45, 2.75) is 34.1 Å². The Morgan fingerprint density at radius 3 is 2.60 bits per heavy atom. The molecular formula is C27H30N6O7. The van der Waals surface area contributed by atoms with Gasteiger partial charge in [-0.25, -0.2) is 24.0 Å². The number of ether oxygens (including phenoxy) is 2. The van der Waals surface area contributed by atoms with Crippen molar-refractivity contribution < 1.29 is 33.4 Å². The number of aromatic nitrogens is 3. The zero-order valence-electron chi connectivity index (χ0n) is 22.6. The number of fused-ring (bicyclic) bond motifs is 1. The zero-order valence-corrected chi connectivity index (χ0v) is 22.6. The molecule has 0 spiro atoms. The first-order valence-electron chi connectivity index (χ1n) is 12.5. The van der Waals surface area contributed by atoms with Crippen molar-refractivity contribution in [2.75, 3.05) is 25.2 Å². The minimum atomic E-state index is -0.992. The maximum Gasteiger partial charge on any atom is 0.419 e. The first-order valence-corrected chi connectivity index (χ1v) is 12.5. The van der Waals surface area contributed by atoms with Gasteiger partial charge in [-0.1, -0.05) is 13.0 Å². The number of benzene rings is 1. The fraction of sp³-hybridized carbons (Fsp3) is 0.296. The van der Waals surface area contributed by atoms with E-state index in [4.69, 9.17) is 4.74 Å². The van der Waals surface area contributed by atoms with E-state index < -0.39 is 24.8 Å².